The van der Waals surface area contributed by atoms with Crippen LogP contribution in [-0.4, -0.2) is 4.98 Å². The summed E-state index contributed by atoms with van der Waals surface area (Å²) in [6.45, 7) is 4.59. The molecule has 1 N–H and O–H groups in total. The predicted octanol–water partition coefficient (Wildman–Crippen LogP) is 4.71. The topological polar surface area (TPSA) is 38.1 Å². The highest BCUT2D eigenvalue weighted by atomic mass is 35.5. The molecule has 0 radical (unpaired) electrons. The van der Waals surface area contributed by atoms with Crippen LogP contribution in [0.4, 0.5) is 5.69 Å². The van der Waals surface area contributed by atoms with Crippen molar-refractivity contribution in [2.45, 2.75) is 20.4 Å². The van der Waals surface area contributed by atoms with Crippen LogP contribution in [0.5, 0.6) is 0 Å². The first-order chi connectivity index (χ1) is 9.65. The third-order valence-electron chi connectivity index (χ3n) is 3.33. The molecule has 0 unspecified atom stereocenters. The number of aryl methyl sites for hydroxylation is 2. The fourth-order valence-electron chi connectivity index (χ4n) is 2.29. The number of nitrogens with zero attached hydrogens (tertiary/aromatic N) is 1. The number of halogens is 1. The van der Waals surface area contributed by atoms with E-state index in [4.69, 9.17) is 16.0 Å². The van der Waals surface area contributed by atoms with Crippen molar-refractivity contribution in [1.82, 2.24) is 4.98 Å². The SMILES string of the molecule is Cc1ccc(NCc2c(Cl)oc3ccccc23)c(C)n1. The van der Waals surface area contributed by atoms with Gasteiger partial charge in [0.05, 0.1) is 11.4 Å². The molecule has 20 heavy (non-hydrogen) atoms. The molecular weight excluding hydrogens is 272 g/mol. The predicted molar refractivity (Wildman–Crippen MR) is 82.3 cm³/mol. The van der Waals surface area contributed by atoms with Gasteiger partial charge in [-0.15, -0.1) is 0 Å². The first-order valence-corrected chi connectivity index (χ1v) is 6.87. The van der Waals surface area contributed by atoms with Gasteiger partial charge in [0.1, 0.15) is 5.58 Å². The molecule has 1 aromatic carbocycles. The van der Waals surface area contributed by atoms with Gasteiger partial charge in [-0.1, -0.05) is 18.2 Å². The van der Waals surface area contributed by atoms with E-state index < -0.39 is 0 Å². The van der Waals surface area contributed by atoms with E-state index in [1.807, 2.05) is 50.2 Å². The molecule has 0 bridgehead atoms. The van der Waals surface area contributed by atoms with Crippen molar-refractivity contribution < 1.29 is 4.42 Å². The van der Waals surface area contributed by atoms with Crippen LogP contribution in [-0.2, 0) is 6.54 Å². The first kappa shape index (κ1) is 13.0. The smallest absolute Gasteiger partial charge is 0.199 e. The van der Waals surface area contributed by atoms with E-state index in [9.17, 15) is 0 Å². The Morgan fingerprint density at radius 1 is 1.15 bits per heavy atom. The Balaban J connectivity index is 1.88. The fourth-order valence-corrected chi connectivity index (χ4v) is 2.54. The van der Waals surface area contributed by atoms with Crippen LogP contribution in [0, 0.1) is 13.8 Å². The van der Waals surface area contributed by atoms with E-state index in [2.05, 4.69) is 10.3 Å². The fraction of sp³-hybridized carbons (Fsp3) is 0.188. The van der Waals surface area contributed by atoms with Crippen molar-refractivity contribution in [3.8, 4) is 0 Å². The Hall–Kier alpha value is -2.00. The molecule has 0 fully saturated rings. The molecule has 4 heteroatoms. The zero-order chi connectivity index (χ0) is 14.1. The van der Waals surface area contributed by atoms with Crippen LogP contribution in [0.15, 0.2) is 40.8 Å². The Morgan fingerprint density at radius 3 is 2.75 bits per heavy atom. The summed E-state index contributed by atoms with van der Waals surface area (Å²) >= 11 is 6.18. The van der Waals surface area contributed by atoms with Crippen LogP contribution >= 0.6 is 11.6 Å². The second kappa shape index (κ2) is 5.17. The molecule has 0 aliphatic heterocycles. The molecular formula is C16H15ClN2O. The van der Waals surface area contributed by atoms with E-state index in [1.165, 1.54) is 0 Å². The number of para-hydroxylation sites is 1. The lowest BCUT2D eigenvalue weighted by molar-refractivity contribution is 0.613. The second-order valence-corrected chi connectivity index (χ2v) is 5.13. The van der Waals surface area contributed by atoms with Gasteiger partial charge in [0.15, 0.2) is 5.22 Å². The quantitative estimate of drug-likeness (QED) is 0.758. The van der Waals surface area contributed by atoms with Gasteiger partial charge in [0.25, 0.3) is 0 Å². The lowest BCUT2D eigenvalue weighted by Gasteiger charge is -2.09. The standard InChI is InChI=1S/C16H15ClN2O/c1-10-7-8-14(11(2)19-10)18-9-13-12-5-3-4-6-15(12)20-16(13)17/h3-8,18H,9H2,1-2H3. The van der Waals surface area contributed by atoms with Gasteiger partial charge in [-0.2, -0.15) is 0 Å². The minimum Gasteiger partial charge on any atom is -0.444 e. The van der Waals surface area contributed by atoms with Crippen LogP contribution in [0.1, 0.15) is 17.0 Å². The molecule has 0 saturated heterocycles. The molecule has 0 saturated carbocycles. The summed E-state index contributed by atoms with van der Waals surface area (Å²) in [5, 5.41) is 4.85. The number of rotatable bonds is 3. The zero-order valence-corrected chi connectivity index (χ0v) is 12.2. The Morgan fingerprint density at radius 2 is 1.95 bits per heavy atom. The van der Waals surface area contributed by atoms with E-state index >= 15 is 0 Å². The van der Waals surface area contributed by atoms with Crippen LogP contribution < -0.4 is 5.32 Å². The van der Waals surface area contributed by atoms with E-state index in [-0.39, 0.29) is 0 Å². The van der Waals surface area contributed by atoms with Gasteiger partial charge in [-0.3, -0.25) is 4.98 Å². The van der Waals surface area contributed by atoms with E-state index in [0.717, 1.165) is 33.6 Å². The average molecular weight is 287 g/mol. The molecule has 0 spiro atoms. The van der Waals surface area contributed by atoms with Crippen LogP contribution in [0.2, 0.25) is 5.22 Å². The zero-order valence-electron chi connectivity index (χ0n) is 11.4. The lowest BCUT2D eigenvalue weighted by Crippen LogP contribution is -2.02. The third-order valence-corrected chi connectivity index (χ3v) is 3.63. The van der Waals surface area contributed by atoms with Crippen molar-refractivity contribution in [3.63, 3.8) is 0 Å². The third kappa shape index (κ3) is 2.37. The van der Waals surface area contributed by atoms with Gasteiger partial charge in [0.2, 0.25) is 0 Å². The Labute approximate surface area is 122 Å². The van der Waals surface area contributed by atoms with Crippen molar-refractivity contribution in [3.05, 3.63) is 58.6 Å². The van der Waals surface area contributed by atoms with Crippen LogP contribution in [0.3, 0.4) is 0 Å². The summed E-state index contributed by atoms with van der Waals surface area (Å²) in [5.74, 6) is 0. The van der Waals surface area contributed by atoms with Crippen molar-refractivity contribution in [2.75, 3.05) is 5.32 Å². The molecule has 102 valence electrons. The van der Waals surface area contributed by atoms with Gasteiger partial charge in [-0.25, -0.2) is 0 Å². The van der Waals surface area contributed by atoms with Crippen molar-refractivity contribution in [1.29, 1.82) is 0 Å². The number of pyridine rings is 1. The molecule has 2 aromatic heterocycles. The molecule has 3 aromatic rings. The minimum atomic E-state index is 0.441. The molecule has 0 aliphatic carbocycles. The maximum Gasteiger partial charge on any atom is 0.199 e. The maximum atomic E-state index is 6.18. The molecule has 0 amide bonds. The normalized spacial score (nSPS) is 10.9. The molecule has 0 atom stereocenters. The van der Waals surface area contributed by atoms with Gasteiger partial charge >= 0.3 is 0 Å². The Bertz CT molecular complexity index is 764. The highest BCUT2D eigenvalue weighted by Crippen LogP contribution is 2.30. The Kier molecular flexibility index (Phi) is 3.36. The monoisotopic (exact) mass is 286 g/mol. The largest absolute Gasteiger partial charge is 0.444 e. The molecule has 3 rings (SSSR count). The highest BCUT2D eigenvalue weighted by molar-refractivity contribution is 6.30. The summed E-state index contributed by atoms with van der Waals surface area (Å²) in [6.07, 6.45) is 0. The van der Waals surface area contributed by atoms with E-state index in [1.54, 1.807) is 0 Å². The number of aromatic nitrogens is 1. The minimum absolute atomic E-state index is 0.441. The summed E-state index contributed by atoms with van der Waals surface area (Å²) in [4.78, 5) is 4.44. The summed E-state index contributed by atoms with van der Waals surface area (Å²) in [6, 6.07) is 11.9. The van der Waals surface area contributed by atoms with Crippen molar-refractivity contribution in [2.24, 2.45) is 0 Å². The number of nitrogens with one attached hydrogen (secondary N) is 1. The number of fused-ring (bicyclic) bond motifs is 1. The first-order valence-electron chi connectivity index (χ1n) is 6.49. The number of hydrogen-bond donors (Lipinski definition) is 1. The number of anilines is 1. The average Bonchev–Trinajstić information content (AvgIpc) is 2.74. The van der Waals surface area contributed by atoms with Crippen molar-refractivity contribution >= 4 is 28.3 Å². The van der Waals surface area contributed by atoms with Gasteiger partial charge in [0, 0.05) is 23.2 Å². The summed E-state index contributed by atoms with van der Waals surface area (Å²) in [7, 11) is 0. The molecule has 0 aliphatic rings. The number of benzene rings is 1. The lowest BCUT2D eigenvalue weighted by atomic mass is 10.1. The number of furan rings is 1. The maximum absolute atomic E-state index is 6.18. The summed E-state index contributed by atoms with van der Waals surface area (Å²) < 4.78 is 5.55. The molecule has 2 heterocycles. The molecule has 3 nitrogen and oxygen atoms in total. The second-order valence-electron chi connectivity index (χ2n) is 4.79. The number of hydrogen-bond acceptors (Lipinski definition) is 3. The van der Waals surface area contributed by atoms with Gasteiger partial charge in [-0.05, 0) is 43.6 Å². The highest BCUT2D eigenvalue weighted by Gasteiger charge is 2.12. The van der Waals surface area contributed by atoms with E-state index in [0.29, 0.717) is 11.8 Å². The van der Waals surface area contributed by atoms with Gasteiger partial charge < -0.3 is 9.73 Å². The van der Waals surface area contributed by atoms with Crippen LogP contribution in [0.25, 0.3) is 11.0 Å². The summed E-state index contributed by atoms with van der Waals surface area (Å²) in [5.41, 5.74) is 4.79.